The number of likely N-dealkylation sites (tertiary alicyclic amines) is 1. The van der Waals surface area contributed by atoms with Crippen LogP contribution in [0.15, 0.2) is 0 Å². The maximum absolute atomic E-state index is 8.92. The summed E-state index contributed by atoms with van der Waals surface area (Å²) in [7, 11) is 1.73. The third kappa shape index (κ3) is 2.98. The number of methoxy groups -OCH3 is 1. The molecule has 0 unspecified atom stereocenters. The van der Waals surface area contributed by atoms with Crippen LogP contribution < -0.4 is 0 Å². The predicted molar refractivity (Wildman–Crippen MR) is 51.3 cm³/mol. The van der Waals surface area contributed by atoms with Gasteiger partial charge in [-0.2, -0.15) is 5.26 Å². The highest BCUT2D eigenvalue weighted by Gasteiger charge is 2.29. The Morgan fingerprint density at radius 3 is 2.54 bits per heavy atom. The average molecular weight is 182 g/mol. The smallest absolute Gasteiger partial charge is 0.0687 e. The fourth-order valence-electron chi connectivity index (χ4n) is 1.60. The van der Waals surface area contributed by atoms with Crippen molar-refractivity contribution in [2.24, 2.45) is 5.41 Å². The van der Waals surface area contributed by atoms with Gasteiger partial charge < -0.3 is 9.64 Å². The largest absolute Gasteiger partial charge is 0.383 e. The molecule has 1 fully saturated rings. The quantitative estimate of drug-likeness (QED) is 0.659. The third-order valence-electron chi connectivity index (χ3n) is 2.84. The number of nitriles is 1. The topological polar surface area (TPSA) is 36.3 Å². The summed E-state index contributed by atoms with van der Waals surface area (Å²) in [6.45, 7) is 5.92. The predicted octanol–water partition coefficient (Wildman–Crippen LogP) is 1.26. The first-order chi connectivity index (χ1) is 6.20. The second-order valence-electron chi connectivity index (χ2n) is 4.01. The van der Waals surface area contributed by atoms with E-state index in [1.165, 1.54) is 0 Å². The zero-order chi connectivity index (χ0) is 9.73. The summed E-state index contributed by atoms with van der Waals surface area (Å²) in [5.74, 6) is 0. The van der Waals surface area contributed by atoms with Crippen molar-refractivity contribution in [3.63, 3.8) is 0 Å². The van der Waals surface area contributed by atoms with Crippen molar-refractivity contribution >= 4 is 0 Å². The molecule has 0 spiro atoms. The van der Waals surface area contributed by atoms with Crippen LogP contribution in [0.25, 0.3) is 0 Å². The van der Waals surface area contributed by atoms with Gasteiger partial charge in [-0.25, -0.2) is 0 Å². The Morgan fingerprint density at radius 1 is 1.46 bits per heavy atom. The van der Waals surface area contributed by atoms with Gasteiger partial charge in [0.1, 0.15) is 0 Å². The van der Waals surface area contributed by atoms with E-state index in [1.54, 1.807) is 7.11 Å². The van der Waals surface area contributed by atoms with Crippen LogP contribution in [0.4, 0.5) is 0 Å². The summed E-state index contributed by atoms with van der Waals surface area (Å²) >= 11 is 0. The van der Waals surface area contributed by atoms with Crippen LogP contribution in [0.3, 0.4) is 0 Å². The highest BCUT2D eigenvalue weighted by atomic mass is 16.5. The summed E-state index contributed by atoms with van der Waals surface area (Å²) in [6, 6.07) is 2.40. The van der Waals surface area contributed by atoms with Crippen LogP contribution in [0.5, 0.6) is 0 Å². The Labute approximate surface area is 80.3 Å². The van der Waals surface area contributed by atoms with Gasteiger partial charge in [0.25, 0.3) is 0 Å². The van der Waals surface area contributed by atoms with Crippen molar-refractivity contribution in [3.05, 3.63) is 0 Å². The molecule has 0 aromatic carbocycles. The van der Waals surface area contributed by atoms with Gasteiger partial charge in [0.2, 0.25) is 0 Å². The summed E-state index contributed by atoms with van der Waals surface area (Å²) in [5, 5.41) is 8.92. The first kappa shape index (κ1) is 10.5. The molecule has 13 heavy (non-hydrogen) atoms. The lowest BCUT2D eigenvalue weighted by Gasteiger charge is -2.34. The lowest BCUT2D eigenvalue weighted by atomic mass is 9.82. The van der Waals surface area contributed by atoms with Gasteiger partial charge in [-0.1, -0.05) is 0 Å². The summed E-state index contributed by atoms with van der Waals surface area (Å²) < 4.78 is 5.02. The van der Waals surface area contributed by atoms with Crippen molar-refractivity contribution in [2.75, 3.05) is 33.4 Å². The van der Waals surface area contributed by atoms with Gasteiger partial charge in [-0.15, -0.1) is 0 Å². The van der Waals surface area contributed by atoms with Gasteiger partial charge in [0.15, 0.2) is 0 Å². The van der Waals surface area contributed by atoms with E-state index in [0.29, 0.717) is 0 Å². The minimum Gasteiger partial charge on any atom is -0.383 e. The fourth-order valence-corrected chi connectivity index (χ4v) is 1.60. The van der Waals surface area contributed by atoms with Crippen molar-refractivity contribution in [2.45, 2.75) is 19.8 Å². The summed E-state index contributed by atoms with van der Waals surface area (Å²) in [4.78, 5) is 2.36. The molecule has 0 aromatic heterocycles. The minimum atomic E-state index is -0.0798. The van der Waals surface area contributed by atoms with Gasteiger partial charge >= 0.3 is 0 Å². The van der Waals surface area contributed by atoms with Gasteiger partial charge in [-0.05, 0) is 32.9 Å². The Hall–Kier alpha value is -0.590. The molecule has 74 valence electrons. The fraction of sp³-hybridized carbons (Fsp3) is 0.900. The van der Waals surface area contributed by atoms with Gasteiger partial charge in [-0.3, -0.25) is 0 Å². The Bertz CT molecular complexity index is 190. The first-order valence-electron chi connectivity index (χ1n) is 4.83. The standard InChI is InChI=1S/C10H18N2O/c1-10(9-11)3-5-12(6-4-10)7-8-13-2/h3-8H2,1-2H3. The Kier molecular flexibility index (Phi) is 3.71. The summed E-state index contributed by atoms with van der Waals surface area (Å²) in [5.41, 5.74) is -0.0798. The second-order valence-corrected chi connectivity index (χ2v) is 4.01. The number of ether oxygens (including phenoxy) is 1. The molecule has 0 bridgehead atoms. The maximum atomic E-state index is 8.92. The Balaban J connectivity index is 2.27. The lowest BCUT2D eigenvalue weighted by Crippen LogP contribution is -2.39. The molecule has 1 saturated heterocycles. The van der Waals surface area contributed by atoms with Crippen LogP contribution in [-0.2, 0) is 4.74 Å². The zero-order valence-electron chi connectivity index (χ0n) is 8.55. The molecule has 1 aliphatic rings. The minimum absolute atomic E-state index is 0.0798. The monoisotopic (exact) mass is 182 g/mol. The molecular weight excluding hydrogens is 164 g/mol. The number of hydrogen-bond acceptors (Lipinski definition) is 3. The molecule has 0 atom stereocenters. The van der Waals surface area contributed by atoms with Crippen LogP contribution in [-0.4, -0.2) is 38.3 Å². The van der Waals surface area contributed by atoms with Gasteiger partial charge in [0, 0.05) is 13.7 Å². The van der Waals surface area contributed by atoms with Crippen molar-refractivity contribution in [1.82, 2.24) is 4.90 Å². The van der Waals surface area contributed by atoms with E-state index in [4.69, 9.17) is 10.00 Å². The third-order valence-corrected chi connectivity index (χ3v) is 2.84. The maximum Gasteiger partial charge on any atom is 0.0687 e. The Morgan fingerprint density at radius 2 is 2.08 bits per heavy atom. The number of piperidine rings is 1. The zero-order valence-corrected chi connectivity index (χ0v) is 8.55. The van der Waals surface area contributed by atoms with Crippen molar-refractivity contribution < 1.29 is 4.74 Å². The van der Waals surface area contributed by atoms with E-state index in [9.17, 15) is 0 Å². The van der Waals surface area contributed by atoms with Crippen molar-refractivity contribution in [3.8, 4) is 6.07 Å². The molecule has 0 amide bonds. The van der Waals surface area contributed by atoms with Gasteiger partial charge in [0.05, 0.1) is 18.1 Å². The molecular formula is C10H18N2O. The number of nitrogens with zero attached hydrogens (tertiary/aromatic N) is 2. The molecule has 0 saturated carbocycles. The first-order valence-corrected chi connectivity index (χ1v) is 4.83. The van der Waals surface area contributed by atoms with E-state index < -0.39 is 0 Å². The highest BCUT2D eigenvalue weighted by molar-refractivity contribution is 4.98. The molecule has 1 heterocycles. The van der Waals surface area contributed by atoms with Crippen LogP contribution in [0.1, 0.15) is 19.8 Å². The molecule has 0 aromatic rings. The molecule has 0 aliphatic carbocycles. The van der Waals surface area contributed by atoms with Crippen LogP contribution in [0, 0.1) is 16.7 Å². The average Bonchev–Trinajstić information content (AvgIpc) is 2.17. The van der Waals surface area contributed by atoms with E-state index in [1.807, 2.05) is 0 Å². The van der Waals surface area contributed by atoms with Crippen LogP contribution >= 0.6 is 0 Å². The number of rotatable bonds is 3. The molecule has 0 radical (unpaired) electrons. The normalized spacial score (nSPS) is 22.5. The number of hydrogen-bond donors (Lipinski definition) is 0. The molecule has 1 aliphatic heterocycles. The SMILES string of the molecule is COCCN1CCC(C)(C#N)CC1. The van der Waals surface area contributed by atoms with Crippen LogP contribution in [0.2, 0.25) is 0 Å². The highest BCUT2D eigenvalue weighted by Crippen LogP contribution is 2.29. The van der Waals surface area contributed by atoms with Crippen molar-refractivity contribution in [1.29, 1.82) is 5.26 Å². The van der Waals surface area contributed by atoms with E-state index >= 15 is 0 Å². The summed E-state index contributed by atoms with van der Waals surface area (Å²) in [6.07, 6.45) is 1.99. The lowest BCUT2D eigenvalue weighted by molar-refractivity contribution is 0.108. The molecule has 1 rings (SSSR count). The molecule has 0 N–H and O–H groups in total. The van der Waals surface area contributed by atoms with E-state index in [2.05, 4.69) is 17.9 Å². The second kappa shape index (κ2) is 4.59. The molecule has 3 nitrogen and oxygen atoms in total. The molecule has 3 heteroatoms. The van der Waals surface area contributed by atoms with E-state index in [0.717, 1.165) is 39.1 Å². The van der Waals surface area contributed by atoms with E-state index in [-0.39, 0.29) is 5.41 Å².